The van der Waals surface area contributed by atoms with Gasteiger partial charge in [-0.05, 0) is 59.4 Å². The van der Waals surface area contributed by atoms with Crippen LogP contribution in [0.5, 0.6) is 5.75 Å². The van der Waals surface area contributed by atoms with Crippen molar-refractivity contribution in [3.8, 4) is 5.75 Å². The van der Waals surface area contributed by atoms with Gasteiger partial charge in [-0.2, -0.15) is 0 Å². The van der Waals surface area contributed by atoms with Crippen LogP contribution in [0.1, 0.15) is 47.1 Å². The van der Waals surface area contributed by atoms with E-state index in [9.17, 15) is 0 Å². The highest BCUT2D eigenvalue weighted by atomic mass is 28.4. The first-order chi connectivity index (χ1) is 13.7. The maximum Gasteiger partial charge on any atom is 0.286 e. The summed E-state index contributed by atoms with van der Waals surface area (Å²) in [5, 5.41) is 6.87. The molecule has 2 aromatic rings. The van der Waals surface area contributed by atoms with E-state index >= 15 is 0 Å². The molecule has 0 aliphatic carbocycles. The molecule has 0 radical (unpaired) electrons. The van der Waals surface area contributed by atoms with Gasteiger partial charge in [0.25, 0.3) is 16.6 Å². The highest BCUT2D eigenvalue weighted by molar-refractivity contribution is 6.75. The number of oxime groups is 1. The van der Waals surface area contributed by atoms with Crippen LogP contribution in [-0.2, 0) is 4.53 Å². The second-order valence-corrected chi connectivity index (χ2v) is 20.5. The van der Waals surface area contributed by atoms with Gasteiger partial charge in [0.1, 0.15) is 5.75 Å². The molecule has 0 fully saturated rings. The smallest absolute Gasteiger partial charge is 0.286 e. The van der Waals surface area contributed by atoms with Gasteiger partial charge >= 0.3 is 0 Å². The van der Waals surface area contributed by atoms with E-state index in [1.54, 1.807) is 6.21 Å². The molecule has 0 aliphatic rings. The Morgan fingerprint density at radius 3 is 1.90 bits per heavy atom. The summed E-state index contributed by atoms with van der Waals surface area (Å²) in [4.78, 5) is 0. The fourth-order valence-electron chi connectivity index (χ4n) is 2.44. The maximum absolute atomic E-state index is 6.62. The maximum atomic E-state index is 6.62. The van der Waals surface area contributed by atoms with Crippen LogP contribution in [0.4, 0.5) is 0 Å². The summed E-state index contributed by atoms with van der Waals surface area (Å²) < 4.78 is 12.5. The van der Waals surface area contributed by atoms with Gasteiger partial charge in [0.2, 0.25) is 0 Å². The number of rotatable bonds is 6. The summed E-state index contributed by atoms with van der Waals surface area (Å²) in [5.41, 5.74) is 1.15. The van der Waals surface area contributed by atoms with Crippen molar-refractivity contribution in [1.29, 1.82) is 0 Å². The van der Waals surface area contributed by atoms with Crippen molar-refractivity contribution in [2.24, 2.45) is 5.16 Å². The molecule has 0 spiro atoms. The number of benzene rings is 2. The van der Waals surface area contributed by atoms with Gasteiger partial charge in [-0.1, -0.05) is 78.0 Å². The summed E-state index contributed by atoms with van der Waals surface area (Å²) >= 11 is 0. The lowest BCUT2D eigenvalue weighted by molar-refractivity contribution is 0.310. The summed E-state index contributed by atoms with van der Waals surface area (Å²) in [5.74, 6) is 0.976. The van der Waals surface area contributed by atoms with Gasteiger partial charge in [0.05, 0.1) is 6.21 Å². The average molecular weight is 442 g/mol. The molecule has 2 aromatic carbocycles. The van der Waals surface area contributed by atoms with Crippen LogP contribution in [-0.4, -0.2) is 22.8 Å². The summed E-state index contributed by atoms with van der Waals surface area (Å²) in [6.07, 6.45) is 5.77. The number of allylic oxidation sites excluding steroid dienone is 1. The summed E-state index contributed by atoms with van der Waals surface area (Å²) in [6, 6.07) is 12.7. The van der Waals surface area contributed by atoms with Crippen molar-refractivity contribution in [2.45, 2.75) is 77.8 Å². The third kappa shape index (κ3) is 5.64. The molecule has 0 saturated heterocycles. The van der Waals surface area contributed by atoms with Crippen LogP contribution in [0.15, 0.2) is 47.6 Å². The largest absolute Gasteiger partial charge is 0.543 e. The quantitative estimate of drug-likeness (QED) is 0.257. The molecule has 0 heterocycles. The van der Waals surface area contributed by atoms with Crippen LogP contribution < -0.4 is 4.43 Å². The molecule has 5 heteroatoms. The zero-order valence-electron chi connectivity index (χ0n) is 20.5. The molecule has 3 nitrogen and oxygen atoms in total. The highest BCUT2D eigenvalue weighted by Gasteiger charge is 2.40. The Balaban J connectivity index is 2.27. The van der Waals surface area contributed by atoms with E-state index in [0.29, 0.717) is 0 Å². The first kappa shape index (κ1) is 24.4. The average Bonchev–Trinajstić information content (AvgIpc) is 2.61. The Morgan fingerprint density at radius 2 is 1.33 bits per heavy atom. The number of hydrogen-bond acceptors (Lipinski definition) is 3. The van der Waals surface area contributed by atoms with Gasteiger partial charge < -0.3 is 8.95 Å². The van der Waals surface area contributed by atoms with Crippen LogP contribution in [0.25, 0.3) is 16.8 Å². The lowest BCUT2D eigenvalue weighted by Crippen LogP contribution is -2.43. The van der Waals surface area contributed by atoms with Crippen LogP contribution in [0.3, 0.4) is 0 Å². The topological polar surface area (TPSA) is 30.8 Å². The Morgan fingerprint density at radius 1 is 0.767 bits per heavy atom. The molecule has 0 bridgehead atoms. The molecule has 0 saturated carbocycles. The Kier molecular flexibility index (Phi) is 7.09. The minimum absolute atomic E-state index is 0.143. The van der Waals surface area contributed by atoms with E-state index in [1.165, 1.54) is 5.39 Å². The molecule has 0 aliphatic heterocycles. The van der Waals surface area contributed by atoms with Crippen molar-refractivity contribution >= 4 is 39.7 Å². The minimum atomic E-state index is -1.90. The normalized spacial score (nSPS) is 14.1. The number of hydrogen-bond donors (Lipinski definition) is 0. The van der Waals surface area contributed by atoms with E-state index in [0.717, 1.165) is 16.7 Å². The first-order valence-electron chi connectivity index (χ1n) is 10.7. The molecular weight excluding hydrogens is 402 g/mol. The lowest BCUT2D eigenvalue weighted by Gasteiger charge is -2.36. The third-order valence-corrected chi connectivity index (χ3v) is 15.1. The van der Waals surface area contributed by atoms with E-state index in [-0.39, 0.29) is 10.1 Å². The molecule has 0 N–H and O–H groups in total. The molecule has 0 amide bonds. The van der Waals surface area contributed by atoms with Gasteiger partial charge in [0, 0.05) is 5.39 Å². The molecular formula is C25H39NO2Si2. The first-order valence-corrected chi connectivity index (χ1v) is 16.6. The second-order valence-electron chi connectivity index (χ2n) is 11.0. The van der Waals surface area contributed by atoms with Crippen LogP contribution >= 0.6 is 0 Å². The minimum Gasteiger partial charge on any atom is -0.543 e. The van der Waals surface area contributed by atoms with E-state index < -0.39 is 16.6 Å². The van der Waals surface area contributed by atoms with Gasteiger partial charge in [-0.15, -0.1) is 5.16 Å². The second kappa shape index (κ2) is 8.71. The third-order valence-electron chi connectivity index (χ3n) is 6.60. The summed E-state index contributed by atoms with van der Waals surface area (Å²) in [6.45, 7) is 22.4. The predicted molar refractivity (Wildman–Crippen MR) is 138 cm³/mol. The molecule has 2 rings (SSSR count). The highest BCUT2D eigenvalue weighted by Crippen LogP contribution is 2.40. The fraction of sp³-hybridized carbons (Fsp3) is 0.480. The number of fused-ring (bicyclic) bond motifs is 1. The Bertz CT molecular complexity index is 932. The SMILES string of the molecule is CC(C)(C)[Si](C)(C)O/N=C/C=C\c1ccc(O[Si](C)(C)C(C)(C)C)c2ccccc12. The molecule has 0 atom stereocenters. The predicted octanol–water partition coefficient (Wildman–Crippen LogP) is 8.24. The van der Waals surface area contributed by atoms with Crippen LogP contribution in [0.2, 0.25) is 36.3 Å². The molecule has 0 unspecified atom stereocenters. The number of nitrogens with zero attached hydrogens (tertiary/aromatic N) is 1. The fourth-order valence-corrected chi connectivity index (χ4v) is 4.07. The standard InChI is InChI=1S/C25H39NO2Si2/c1-24(2,3)29(7,8)27-23-18-17-20(21-15-11-12-16-22(21)23)14-13-19-26-28-30(9,10)25(4,5)6/h11-19H,1-10H3/b14-13-,26-19+. The van der Waals surface area contributed by atoms with Gasteiger partial charge in [0.15, 0.2) is 0 Å². The van der Waals surface area contributed by atoms with Crippen molar-refractivity contribution in [3.63, 3.8) is 0 Å². The van der Waals surface area contributed by atoms with Gasteiger partial charge in [-0.25, -0.2) is 0 Å². The van der Waals surface area contributed by atoms with Crippen molar-refractivity contribution in [2.75, 3.05) is 0 Å². The molecule has 164 valence electrons. The van der Waals surface area contributed by atoms with Gasteiger partial charge in [-0.3, -0.25) is 0 Å². The van der Waals surface area contributed by atoms with Crippen molar-refractivity contribution in [3.05, 3.63) is 48.0 Å². The van der Waals surface area contributed by atoms with Crippen molar-refractivity contribution < 1.29 is 8.95 Å². The summed E-state index contributed by atoms with van der Waals surface area (Å²) in [7, 11) is -3.77. The molecule has 0 aromatic heterocycles. The Hall–Kier alpha value is -1.86. The zero-order valence-corrected chi connectivity index (χ0v) is 22.5. The lowest BCUT2D eigenvalue weighted by atomic mass is 10.0. The van der Waals surface area contributed by atoms with Crippen LogP contribution in [0, 0.1) is 0 Å². The van der Waals surface area contributed by atoms with E-state index in [1.807, 2.05) is 6.08 Å². The monoisotopic (exact) mass is 441 g/mol. The zero-order chi connectivity index (χ0) is 22.8. The van der Waals surface area contributed by atoms with E-state index in [2.05, 4.69) is 115 Å². The van der Waals surface area contributed by atoms with E-state index in [4.69, 9.17) is 8.95 Å². The van der Waals surface area contributed by atoms with Crippen molar-refractivity contribution in [1.82, 2.24) is 0 Å². The Labute approximate surface area is 185 Å². The molecule has 30 heavy (non-hydrogen) atoms.